The quantitative estimate of drug-likeness (QED) is 0.199. The summed E-state index contributed by atoms with van der Waals surface area (Å²) in [5, 5.41) is 13.9. The van der Waals surface area contributed by atoms with Crippen LogP contribution in [0.15, 0.2) is 5.11 Å². The lowest BCUT2D eigenvalue weighted by molar-refractivity contribution is -0.662. The molecule has 0 saturated carbocycles. The van der Waals surface area contributed by atoms with Gasteiger partial charge in [-0.25, -0.2) is 10.1 Å². The molecule has 0 N–H and O–H groups in total. The van der Waals surface area contributed by atoms with E-state index in [1.807, 2.05) is 0 Å². The minimum Gasteiger partial charge on any atom is -0.353 e. The van der Waals surface area contributed by atoms with Gasteiger partial charge in [0.25, 0.3) is 0 Å². The Labute approximate surface area is 67.5 Å². The maximum absolute atomic E-state index is 10.3. The topological polar surface area (TPSA) is 104 Å². The summed E-state index contributed by atoms with van der Waals surface area (Å²) in [4.78, 5) is 12.8. The summed E-state index contributed by atoms with van der Waals surface area (Å²) in [5.41, 5.74) is 7.98. The Hall–Kier alpha value is -1.53. The second-order valence-electron chi connectivity index (χ2n) is 2.24. The van der Waals surface area contributed by atoms with Crippen molar-refractivity contribution in [1.29, 1.82) is 0 Å². The Balaban J connectivity index is 2.51. The lowest BCUT2D eigenvalue weighted by Gasteiger charge is -2.10. The van der Waals surface area contributed by atoms with Crippen molar-refractivity contribution in [3.63, 3.8) is 0 Å². The first-order valence-electron chi connectivity index (χ1n) is 3.25. The Morgan fingerprint density at radius 1 is 1.92 bits per heavy atom. The predicted molar refractivity (Wildman–Crippen MR) is 37.5 cm³/mol. The fraction of sp³-hybridized carbons (Fsp3) is 1.00. The van der Waals surface area contributed by atoms with E-state index in [4.69, 9.17) is 10.3 Å². The van der Waals surface area contributed by atoms with Crippen molar-refractivity contribution < 1.29 is 9.77 Å². The highest BCUT2D eigenvalue weighted by Gasteiger charge is 2.32. The molecule has 1 unspecified atom stereocenters. The van der Waals surface area contributed by atoms with Crippen LogP contribution in [-0.4, -0.2) is 36.0 Å². The van der Waals surface area contributed by atoms with E-state index in [0.717, 1.165) is 5.01 Å². The SMILES string of the molecule is [N-]=[N+]=NCC1COCN1[N+](=O)[O-]. The van der Waals surface area contributed by atoms with Crippen LogP contribution in [0.4, 0.5) is 0 Å². The zero-order valence-corrected chi connectivity index (χ0v) is 6.16. The molecule has 0 spiro atoms. The summed E-state index contributed by atoms with van der Waals surface area (Å²) in [6.45, 7) is 0.260. The van der Waals surface area contributed by atoms with Gasteiger partial charge in [0.2, 0.25) is 0 Å². The number of hydrogen-bond donors (Lipinski definition) is 0. The van der Waals surface area contributed by atoms with Gasteiger partial charge < -0.3 is 4.74 Å². The van der Waals surface area contributed by atoms with Gasteiger partial charge in [0.1, 0.15) is 6.04 Å². The molecule has 0 aromatic heterocycles. The molecule has 66 valence electrons. The number of hydrazine groups is 1. The van der Waals surface area contributed by atoms with Crippen LogP contribution < -0.4 is 0 Å². The van der Waals surface area contributed by atoms with Gasteiger partial charge in [0.15, 0.2) is 11.8 Å². The van der Waals surface area contributed by atoms with Crippen LogP contribution in [0.2, 0.25) is 0 Å². The fourth-order valence-electron chi connectivity index (χ4n) is 0.932. The Bertz CT molecular complexity index is 225. The maximum Gasteiger partial charge on any atom is 0.177 e. The molecule has 1 atom stereocenters. The van der Waals surface area contributed by atoms with E-state index in [-0.39, 0.29) is 19.9 Å². The van der Waals surface area contributed by atoms with Crippen LogP contribution >= 0.6 is 0 Å². The Morgan fingerprint density at radius 2 is 2.67 bits per heavy atom. The molecule has 1 heterocycles. The highest BCUT2D eigenvalue weighted by Crippen LogP contribution is 2.09. The van der Waals surface area contributed by atoms with Crippen LogP contribution in [0.3, 0.4) is 0 Å². The average Bonchev–Trinajstić information content (AvgIpc) is 2.48. The van der Waals surface area contributed by atoms with Crippen molar-refractivity contribution in [2.45, 2.75) is 6.04 Å². The van der Waals surface area contributed by atoms with Gasteiger partial charge >= 0.3 is 0 Å². The summed E-state index contributed by atoms with van der Waals surface area (Å²) in [6.07, 6.45) is 0. The molecule has 1 aliphatic heterocycles. The minimum atomic E-state index is -0.551. The van der Waals surface area contributed by atoms with E-state index in [0.29, 0.717) is 0 Å². The normalized spacial score (nSPS) is 22.0. The summed E-state index contributed by atoms with van der Waals surface area (Å²) in [5.74, 6) is 0. The highest BCUT2D eigenvalue weighted by atomic mass is 16.7. The van der Waals surface area contributed by atoms with Gasteiger partial charge in [-0.05, 0) is 5.53 Å². The number of rotatable bonds is 3. The van der Waals surface area contributed by atoms with Crippen LogP contribution in [0.5, 0.6) is 0 Å². The zero-order valence-electron chi connectivity index (χ0n) is 6.16. The molecule has 0 aromatic rings. The third kappa shape index (κ3) is 1.74. The largest absolute Gasteiger partial charge is 0.353 e. The van der Waals surface area contributed by atoms with Crippen LogP contribution in [-0.2, 0) is 4.74 Å². The van der Waals surface area contributed by atoms with Crippen molar-refractivity contribution >= 4 is 0 Å². The molecule has 1 saturated heterocycles. The van der Waals surface area contributed by atoms with Crippen molar-refractivity contribution in [2.24, 2.45) is 5.11 Å². The van der Waals surface area contributed by atoms with E-state index in [1.54, 1.807) is 0 Å². The fourth-order valence-corrected chi connectivity index (χ4v) is 0.932. The number of nitrogens with zero attached hydrogens (tertiary/aromatic N) is 5. The minimum absolute atomic E-state index is 0.0430. The first-order chi connectivity index (χ1) is 5.75. The molecule has 1 fully saturated rings. The highest BCUT2D eigenvalue weighted by molar-refractivity contribution is 4.70. The van der Waals surface area contributed by atoms with Crippen LogP contribution in [0, 0.1) is 10.1 Å². The molecule has 0 amide bonds. The summed E-state index contributed by atoms with van der Waals surface area (Å²) >= 11 is 0. The number of nitro groups is 1. The predicted octanol–water partition coefficient (Wildman–Crippen LogP) is 0.147. The molecule has 12 heavy (non-hydrogen) atoms. The molecular weight excluding hydrogens is 166 g/mol. The van der Waals surface area contributed by atoms with Gasteiger partial charge in [-0.1, -0.05) is 10.1 Å². The van der Waals surface area contributed by atoms with Crippen LogP contribution in [0.25, 0.3) is 10.4 Å². The summed E-state index contributed by atoms with van der Waals surface area (Å²) in [6, 6.07) is -0.434. The standard InChI is InChI=1S/C4H7N5O3/c5-7-6-1-4-2-12-3-8(4)9(10)11/h4H,1-3H2. The van der Waals surface area contributed by atoms with E-state index in [9.17, 15) is 10.1 Å². The molecular formula is C4H7N5O3. The van der Waals surface area contributed by atoms with Gasteiger partial charge in [0, 0.05) is 4.91 Å². The molecule has 1 aliphatic rings. The van der Waals surface area contributed by atoms with Crippen molar-refractivity contribution in [3.8, 4) is 0 Å². The van der Waals surface area contributed by atoms with Crippen molar-refractivity contribution in [1.82, 2.24) is 5.01 Å². The van der Waals surface area contributed by atoms with E-state index in [2.05, 4.69) is 10.0 Å². The van der Waals surface area contributed by atoms with E-state index in [1.165, 1.54) is 0 Å². The lowest BCUT2D eigenvalue weighted by Crippen LogP contribution is -2.37. The monoisotopic (exact) mass is 173 g/mol. The van der Waals surface area contributed by atoms with Gasteiger partial charge in [-0.15, -0.1) is 0 Å². The van der Waals surface area contributed by atoms with Crippen molar-refractivity contribution in [3.05, 3.63) is 20.6 Å². The van der Waals surface area contributed by atoms with Gasteiger partial charge in [-0.2, -0.15) is 0 Å². The number of hydrogen-bond acceptors (Lipinski definition) is 4. The number of ether oxygens (including phenoxy) is 1. The molecule has 8 nitrogen and oxygen atoms in total. The van der Waals surface area contributed by atoms with Gasteiger partial charge in [0.05, 0.1) is 13.2 Å². The maximum atomic E-state index is 10.3. The smallest absolute Gasteiger partial charge is 0.177 e. The Morgan fingerprint density at radius 3 is 3.25 bits per heavy atom. The third-order valence-electron chi connectivity index (χ3n) is 1.52. The number of azide groups is 1. The van der Waals surface area contributed by atoms with E-state index >= 15 is 0 Å². The Kier molecular flexibility index (Phi) is 2.67. The molecule has 1 rings (SSSR count). The van der Waals surface area contributed by atoms with E-state index < -0.39 is 11.1 Å². The second kappa shape index (κ2) is 3.74. The van der Waals surface area contributed by atoms with Crippen molar-refractivity contribution in [2.75, 3.05) is 19.9 Å². The molecule has 8 heteroatoms. The van der Waals surface area contributed by atoms with Gasteiger partial charge in [-0.3, -0.25) is 0 Å². The lowest BCUT2D eigenvalue weighted by atomic mass is 10.3. The summed E-state index contributed by atoms with van der Waals surface area (Å²) < 4.78 is 4.83. The average molecular weight is 173 g/mol. The molecule has 0 bridgehead atoms. The second-order valence-corrected chi connectivity index (χ2v) is 2.24. The molecule has 0 aliphatic carbocycles. The zero-order chi connectivity index (χ0) is 8.97. The molecule has 0 radical (unpaired) electrons. The first kappa shape index (κ1) is 8.57. The van der Waals surface area contributed by atoms with Crippen LogP contribution in [0.1, 0.15) is 0 Å². The third-order valence-corrected chi connectivity index (χ3v) is 1.52. The summed E-state index contributed by atoms with van der Waals surface area (Å²) in [7, 11) is 0. The molecule has 0 aromatic carbocycles. The first-order valence-corrected chi connectivity index (χ1v) is 3.25.